The van der Waals surface area contributed by atoms with Crippen molar-refractivity contribution in [2.24, 2.45) is 5.41 Å². The average Bonchev–Trinajstić information content (AvgIpc) is 3.05. The van der Waals surface area contributed by atoms with E-state index in [1.165, 1.54) is 6.07 Å². The maximum atomic E-state index is 13.4. The van der Waals surface area contributed by atoms with Gasteiger partial charge in [0.2, 0.25) is 5.91 Å². The van der Waals surface area contributed by atoms with Crippen LogP contribution in [0.5, 0.6) is 0 Å². The summed E-state index contributed by atoms with van der Waals surface area (Å²) < 4.78 is 26.5. The fourth-order valence-corrected chi connectivity index (χ4v) is 3.86. The fraction of sp³-hybridized carbons (Fsp3) is 0.474. The zero-order valence-corrected chi connectivity index (χ0v) is 14.6. The number of nitrogens with one attached hydrogen (secondary N) is 1. The van der Waals surface area contributed by atoms with E-state index in [0.29, 0.717) is 38.2 Å². The molecule has 3 rings (SSSR count). The summed E-state index contributed by atoms with van der Waals surface area (Å²) in [5.41, 5.74) is -0.00427. The van der Waals surface area contributed by atoms with Gasteiger partial charge >= 0.3 is 6.03 Å². The first kappa shape index (κ1) is 18.4. The van der Waals surface area contributed by atoms with E-state index in [-0.39, 0.29) is 18.5 Å². The third-order valence-electron chi connectivity index (χ3n) is 5.22. The van der Waals surface area contributed by atoms with Gasteiger partial charge in [-0.1, -0.05) is 12.1 Å². The summed E-state index contributed by atoms with van der Waals surface area (Å²) in [6.45, 7) is 5.72. The van der Waals surface area contributed by atoms with Crippen LogP contribution in [0, 0.1) is 17.0 Å². The van der Waals surface area contributed by atoms with Crippen LogP contribution < -0.4 is 5.32 Å². The molecule has 0 bridgehead atoms. The second-order valence-corrected chi connectivity index (χ2v) is 7.01. The third-order valence-corrected chi connectivity index (χ3v) is 5.22. The van der Waals surface area contributed by atoms with Gasteiger partial charge in [0.05, 0.1) is 5.41 Å². The summed E-state index contributed by atoms with van der Waals surface area (Å²) >= 11 is 0. The monoisotopic (exact) mass is 363 g/mol. The number of amides is 3. The van der Waals surface area contributed by atoms with E-state index >= 15 is 0 Å². The van der Waals surface area contributed by atoms with Crippen molar-refractivity contribution < 1.29 is 18.4 Å². The van der Waals surface area contributed by atoms with Gasteiger partial charge in [-0.2, -0.15) is 0 Å². The van der Waals surface area contributed by atoms with Gasteiger partial charge in [-0.3, -0.25) is 4.79 Å². The largest absolute Gasteiger partial charge is 0.338 e. The molecular formula is C19H23F2N3O2. The number of carbonyl (C=O) groups excluding carboxylic acids is 2. The highest BCUT2D eigenvalue weighted by atomic mass is 19.2. The third kappa shape index (κ3) is 3.57. The SMILES string of the molecule is C=CCNC(=O)N1CCC2(CCCN(Cc3ccc(F)c(F)c3)C2=O)C1. The Labute approximate surface area is 151 Å². The van der Waals surface area contributed by atoms with E-state index in [2.05, 4.69) is 11.9 Å². The Balaban J connectivity index is 1.68. The zero-order chi connectivity index (χ0) is 18.7. The number of hydrogen-bond donors (Lipinski definition) is 1. The van der Waals surface area contributed by atoms with E-state index in [1.807, 2.05) is 0 Å². The van der Waals surface area contributed by atoms with Crippen molar-refractivity contribution in [3.63, 3.8) is 0 Å². The molecule has 1 spiro atoms. The lowest BCUT2D eigenvalue weighted by Gasteiger charge is -2.39. The molecule has 7 heteroatoms. The van der Waals surface area contributed by atoms with Crippen LogP contribution in [0.15, 0.2) is 30.9 Å². The molecule has 1 aromatic rings. The van der Waals surface area contributed by atoms with Gasteiger partial charge in [0.15, 0.2) is 11.6 Å². The Hall–Kier alpha value is -2.44. The van der Waals surface area contributed by atoms with Gasteiger partial charge in [0.1, 0.15) is 0 Å². The Morgan fingerprint density at radius 1 is 1.27 bits per heavy atom. The first-order chi connectivity index (χ1) is 12.4. The number of halogens is 2. The quantitative estimate of drug-likeness (QED) is 0.837. The number of hydrogen-bond acceptors (Lipinski definition) is 2. The van der Waals surface area contributed by atoms with Crippen LogP contribution in [0.2, 0.25) is 0 Å². The molecule has 2 saturated heterocycles. The molecule has 0 aliphatic carbocycles. The number of nitrogens with zero attached hydrogens (tertiary/aromatic N) is 2. The molecule has 0 aromatic heterocycles. The lowest BCUT2D eigenvalue weighted by Crippen LogP contribution is -2.50. The van der Waals surface area contributed by atoms with Crippen LogP contribution in [0.4, 0.5) is 13.6 Å². The molecule has 1 unspecified atom stereocenters. The molecule has 1 atom stereocenters. The summed E-state index contributed by atoms with van der Waals surface area (Å²) in [5.74, 6) is -1.81. The number of benzene rings is 1. The van der Waals surface area contributed by atoms with Crippen molar-refractivity contribution in [1.82, 2.24) is 15.1 Å². The van der Waals surface area contributed by atoms with E-state index in [4.69, 9.17) is 0 Å². The predicted molar refractivity (Wildman–Crippen MR) is 93.2 cm³/mol. The standard InChI is InChI=1S/C19H23F2N3O2/c1-2-8-22-18(26)24-10-7-19(13-24)6-3-9-23(17(19)25)12-14-4-5-15(20)16(21)11-14/h2,4-5,11H,1,3,6-10,12-13H2,(H,22,26). The molecule has 26 heavy (non-hydrogen) atoms. The van der Waals surface area contributed by atoms with E-state index in [0.717, 1.165) is 25.0 Å². The van der Waals surface area contributed by atoms with E-state index in [9.17, 15) is 18.4 Å². The molecule has 0 radical (unpaired) electrons. The van der Waals surface area contributed by atoms with Crippen molar-refractivity contribution in [2.75, 3.05) is 26.2 Å². The second-order valence-electron chi connectivity index (χ2n) is 7.01. The van der Waals surface area contributed by atoms with Gasteiger partial charge in [0.25, 0.3) is 0 Å². The first-order valence-corrected chi connectivity index (χ1v) is 8.82. The van der Waals surface area contributed by atoms with Crippen LogP contribution in [0.1, 0.15) is 24.8 Å². The molecule has 2 aliphatic heterocycles. The Bertz CT molecular complexity index is 725. The number of carbonyl (C=O) groups is 2. The molecule has 1 N–H and O–H groups in total. The molecule has 2 fully saturated rings. The molecule has 3 amide bonds. The summed E-state index contributed by atoms with van der Waals surface area (Å²) in [4.78, 5) is 28.6. The maximum Gasteiger partial charge on any atom is 0.317 e. The minimum atomic E-state index is -0.910. The minimum Gasteiger partial charge on any atom is -0.338 e. The fourth-order valence-electron chi connectivity index (χ4n) is 3.86. The molecular weight excluding hydrogens is 340 g/mol. The molecule has 0 saturated carbocycles. The smallest absolute Gasteiger partial charge is 0.317 e. The van der Waals surface area contributed by atoms with Crippen molar-refractivity contribution in [3.05, 3.63) is 48.1 Å². The van der Waals surface area contributed by atoms with Crippen LogP contribution >= 0.6 is 0 Å². The average molecular weight is 363 g/mol. The van der Waals surface area contributed by atoms with E-state index < -0.39 is 17.0 Å². The maximum absolute atomic E-state index is 13.4. The molecule has 2 heterocycles. The summed E-state index contributed by atoms with van der Waals surface area (Å²) in [6.07, 6.45) is 3.81. The number of piperidine rings is 1. The van der Waals surface area contributed by atoms with Crippen LogP contribution in [0.25, 0.3) is 0 Å². The number of rotatable bonds is 4. The number of urea groups is 1. The lowest BCUT2D eigenvalue weighted by atomic mass is 9.78. The lowest BCUT2D eigenvalue weighted by molar-refractivity contribution is -0.146. The Kier molecular flexibility index (Phi) is 5.25. The highest BCUT2D eigenvalue weighted by Gasteiger charge is 2.49. The summed E-state index contributed by atoms with van der Waals surface area (Å²) in [6, 6.07) is 3.52. The summed E-state index contributed by atoms with van der Waals surface area (Å²) in [5, 5.41) is 2.74. The van der Waals surface area contributed by atoms with Gasteiger partial charge in [-0.25, -0.2) is 13.6 Å². The normalized spacial score (nSPS) is 22.8. The van der Waals surface area contributed by atoms with Crippen molar-refractivity contribution >= 4 is 11.9 Å². The number of likely N-dealkylation sites (tertiary alicyclic amines) is 2. The van der Waals surface area contributed by atoms with Gasteiger partial charge < -0.3 is 15.1 Å². The summed E-state index contributed by atoms with van der Waals surface area (Å²) in [7, 11) is 0. The zero-order valence-electron chi connectivity index (χ0n) is 14.6. The van der Waals surface area contributed by atoms with Crippen molar-refractivity contribution in [2.45, 2.75) is 25.8 Å². The Morgan fingerprint density at radius 3 is 2.81 bits per heavy atom. The van der Waals surface area contributed by atoms with Gasteiger partial charge in [-0.05, 0) is 37.0 Å². The van der Waals surface area contributed by atoms with Crippen LogP contribution in [-0.4, -0.2) is 47.9 Å². The topological polar surface area (TPSA) is 52.7 Å². The molecule has 140 valence electrons. The highest BCUT2D eigenvalue weighted by molar-refractivity contribution is 5.85. The molecule has 2 aliphatic rings. The van der Waals surface area contributed by atoms with Crippen LogP contribution in [0.3, 0.4) is 0 Å². The minimum absolute atomic E-state index is 0.00694. The molecule has 1 aromatic carbocycles. The highest BCUT2D eigenvalue weighted by Crippen LogP contribution is 2.40. The molecule has 5 nitrogen and oxygen atoms in total. The van der Waals surface area contributed by atoms with E-state index in [1.54, 1.807) is 15.9 Å². The first-order valence-electron chi connectivity index (χ1n) is 8.82. The van der Waals surface area contributed by atoms with Crippen molar-refractivity contribution in [3.8, 4) is 0 Å². The predicted octanol–water partition coefficient (Wildman–Crippen LogP) is 2.67. The second kappa shape index (κ2) is 7.43. The van der Waals surface area contributed by atoms with Gasteiger partial charge in [0, 0.05) is 32.7 Å². The van der Waals surface area contributed by atoms with Crippen molar-refractivity contribution in [1.29, 1.82) is 0 Å². The van der Waals surface area contributed by atoms with Gasteiger partial charge in [-0.15, -0.1) is 6.58 Å². The van der Waals surface area contributed by atoms with Crippen LogP contribution in [-0.2, 0) is 11.3 Å². The Morgan fingerprint density at radius 2 is 2.08 bits per heavy atom.